The number of pyridine rings is 1. The second-order valence-corrected chi connectivity index (χ2v) is 4.55. The molecule has 2 aromatic rings. The van der Waals surface area contributed by atoms with E-state index in [1.165, 1.54) is 13.2 Å². The van der Waals surface area contributed by atoms with Crippen molar-refractivity contribution in [1.82, 2.24) is 4.98 Å². The second-order valence-electron chi connectivity index (χ2n) is 3.76. The third-order valence-electron chi connectivity index (χ3n) is 2.51. The van der Waals surface area contributed by atoms with Crippen LogP contribution in [0.3, 0.4) is 0 Å². The molecule has 0 atom stereocenters. The standard InChI is InChI=1S/C13H12BrFN2O/c1-8-5-6-16-13(12(8)14)17-11-7-9(18-2)3-4-10(11)15/h3-7H,1-2H3,(H,16,17). The molecule has 0 aliphatic heterocycles. The summed E-state index contributed by atoms with van der Waals surface area (Å²) in [4.78, 5) is 4.17. The Morgan fingerprint density at radius 2 is 2.11 bits per heavy atom. The molecule has 0 aliphatic carbocycles. The molecule has 0 fully saturated rings. The number of benzene rings is 1. The molecule has 0 saturated heterocycles. The summed E-state index contributed by atoms with van der Waals surface area (Å²) >= 11 is 3.42. The van der Waals surface area contributed by atoms with Crippen molar-refractivity contribution < 1.29 is 9.13 Å². The zero-order valence-corrected chi connectivity index (χ0v) is 11.6. The maximum absolute atomic E-state index is 13.7. The zero-order chi connectivity index (χ0) is 13.1. The predicted molar refractivity (Wildman–Crippen MR) is 72.9 cm³/mol. The highest BCUT2D eigenvalue weighted by Gasteiger charge is 2.08. The molecule has 0 amide bonds. The van der Waals surface area contributed by atoms with Crippen LogP contribution in [0.15, 0.2) is 34.9 Å². The fourth-order valence-corrected chi connectivity index (χ4v) is 1.82. The lowest BCUT2D eigenvalue weighted by atomic mass is 10.2. The van der Waals surface area contributed by atoms with Gasteiger partial charge >= 0.3 is 0 Å². The van der Waals surface area contributed by atoms with Crippen LogP contribution in [0.2, 0.25) is 0 Å². The third kappa shape index (κ3) is 2.61. The van der Waals surface area contributed by atoms with E-state index in [-0.39, 0.29) is 5.82 Å². The number of aromatic nitrogens is 1. The van der Waals surface area contributed by atoms with Crippen LogP contribution >= 0.6 is 15.9 Å². The molecule has 94 valence electrons. The van der Waals surface area contributed by atoms with Crippen molar-refractivity contribution in [2.45, 2.75) is 6.92 Å². The van der Waals surface area contributed by atoms with Gasteiger partial charge in [-0.2, -0.15) is 0 Å². The van der Waals surface area contributed by atoms with Gasteiger partial charge in [0.15, 0.2) is 0 Å². The number of anilines is 2. The van der Waals surface area contributed by atoms with Crippen molar-refractivity contribution in [2.75, 3.05) is 12.4 Å². The van der Waals surface area contributed by atoms with Gasteiger partial charge in [0.25, 0.3) is 0 Å². The molecule has 1 N–H and O–H groups in total. The first kappa shape index (κ1) is 12.8. The van der Waals surface area contributed by atoms with E-state index in [1.807, 2.05) is 13.0 Å². The minimum atomic E-state index is -0.356. The van der Waals surface area contributed by atoms with Crippen LogP contribution < -0.4 is 10.1 Å². The molecule has 3 nitrogen and oxygen atoms in total. The van der Waals surface area contributed by atoms with Gasteiger partial charge in [0.05, 0.1) is 17.3 Å². The third-order valence-corrected chi connectivity index (χ3v) is 3.51. The predicted octanol–water partition coefficient (Wildman–Crippen LogP) is 4.04. The largest absolute Gasteiger partial charge is 0.497 e. The van der Waals surface area contributed by atoms with Crippen LogP contribution in [0.1, 0.15) is 5.56 Å². The molecule has 1 heterocycles. The molecule has 2 rings (SSSR count). The highest BCUT2D eigenvalue weighted by molar-refractivity contribution is 9.10. The second kappa shape index (κ2) is 5.35. The molecular formula is C13H12BrFN2O. The lowest BCUT2D eigenvalue weighted by Crippen LogP contribution is -1.98. The van der Waals surface area contributed by atoms with Crippen molar-refractivity contribution >= 4 is 27.4 Å². The number of hydrogen-bond donors (Lipinski definition) is 1. The summed E-state index contributed by atoms with van der Waals surface area (Å²) in [6, 6.07) is 6.38. The molecule has 0 radical (unpaired) electrons. The first-order chi connectivity index (χ1) is 8.61. The van der Waals surface area contributed by atoms with Gasteiger partial charge in [-0.25, -0.2) is 9.37 Å². The van der Waals surface area contributed by atoms with Crippen molar-refractivity contribution in [2.24, 2.45) is 0 Å². The van der Waals surface area contributed by atoms with Crippen LogP contribution in [0.4, 0.5) is 15.9 Å². The summed E-state index contributed by atoms with van der Waals surface area (Å²) in [7, 11) is 1.54. The summed E-state index contributed by atoms with van der Waals surface area (Å²) < 4.78 is 19.5. The molecule has 0 unspecified atom stereocenters. The van der Waals surface area contributed by atoms with E-state index in [1.54, 1.807) is 18.3 Å². The van der Waals surface area contributed by atoms with Crippen LogP contribution in [-0.2, 0) is 0 Å². The average Bonchev–Trinajstić information content (AvgIpc) is 2.37. The SMILES string of the molecule is COc1ccc(F)c(Nc2nccc(C)c2Br)c1. The maximum atomic E-state index is 13.7. The van der Waals surface area contributed by atoms with Crippen LogP contribution in [0.5, 0.6) is 5.75 Å². The monoisotopic (exact) mass is 310 g/mol. The maximum Gasteiger partial charge on any atom is 0.146 e. The van der Waals surface area contributed by atoms with E-state index in [2.05, 4.69) is 26.2 Å². The minimum absolute atomic E-state index is 0.327. The Morgan fingerprint density at radius 1 is 1.33 bits per heavy atom. The number of nitrogens with one attached hydrogen (secondary N) is 1. The molecular weight excluding hydrogens is 299 g/mol. The fraction of sp³-hybridized carbons (Fsp3) is 0.154. The Hall–Kier alpha value is -1.62. The zero-order valence-electron chi connectivity index (χ0n) is 10.00. The summed E-state index contributed by atoms with van der Waals surface area (Å²) in [5, 5.41) is 2.94. The Bertz CT molecular complexity index is 575. The van der Waals surface area contributed by atoms with Gasteiger partial charge in [-0.05, 0) is 46.6 Å². The Balaban J connectivity index is 2.36. The van der Waals surface area contributed by atoms with Gasteiger partial charge < -0.3 is 10.1 Å². The number of halogens is 2. The Morgan fingerprint density at radius 3 is 2.83 bits per heavy atom. The number of rotatable bonds is 3. The van der Waals surface area contributed by atoms with Crippen molar-refractivity contribution in [3.63, 3.8) is 0 Å². The van der Waals surface area contributed by atoms with E-state index in [0.29, 0.717) is 17.3 Å². The topological polar surface area (TPSA) is 34.1 Å². The normalized spacial score (nSPS) is 10.2. The summed E-state index contributed by atoms with van der Waals surface area (Å²) in [6.45, 7) is 1.94. The number of methoxy groups -OCH3 is 1. The lowest BCUT2D eigenvalue weighted by molar-refractivity contribution is 0.414. The molecule has 0 bridgehead atoms. The number of hydrogen-bond acceptors (Lipinski definition) is 3. The average molecular weight is 311 g/mol. The first-order valence-electron chi connectivity index (χ1n) is 5.33. The van der Waals surface area contributed by atoms with Gasteiger partial charge in [-0.15, -0.1) is 0 Å². The summed E-state index contributed by atoms with van der Waals surface area (Å²) in [5.74, 6) is 0.802. The van der Waals surface area contributed by atoms with E-state index >= 15 is 0 Å². The Kier molecular flexibility index (Phi) is 3.81. The Labute approximate surface area is 113 Å². The van der Waals surface area contributed by atoms with E-state index in [9.17, 15) is 4.39 Å². The minimum Gasteiger partial charge on any atom is -0.497 e. The smallest absolute Gasteiger partial charge is 0.146 e. The fourth-order valence-electron chi connectivity index (χ4n) is 1.48. The number of nitrogens with zero attached hydrogens (tertiary/aromatic N) is 1. The van der Waals surface area contributed by atoms with Crippen LogP contribution in [-0.4, -0.2) is 12.1 Å². The van der Waals surface area contributed by atoms with Crippen LogP contribution in [0, 0.1) is 12.7 Å². The number of ether oxygens (including phenoxy) is 1. The van der Waals surface area contributed by atoms with Gasteiger partial charge in [0.1, 0.15) is 17.4 Å². The van der Waals surface area contributed by atoms with E-state index in [0.717, 1.165) is 10.0 Å². The summed E-state index contributed by atoms with van der Waals surface area (Å²) in [5.41, 5.74) is 1.35. The highest BCUT2D eigenvalue weighted by Crippen LogP contribution is 2.29. The van der Waals surface area contributed by atoms with Crippen molar-refractivity contribution in [1.29, 1.82) is 0 Å². The highest BCUT2D eigenvalue weighted by atomic mass is 79.9. The quantitative estimate of drug-likeness (QED) is 0.929. The van der Waals surface area contributed by atoms with Gasteiger partial charge in [-0.3, -0.25) is 0 Å². The first-order valence-corrected chi connectivity index (χ1v) is 6.13. The van der Waals surface area contributed by atoms with Crippen molar-refractivity contribution in [3.05, 3.63) is 46.3 Å². The lowest BCUT2D eigenvalue weighted by Gasteiger charge is -2.11. The van der Waals surface area contributed by atoms with E-state index in [4.69, 9.17) is 4.74 Å². The molecule has 5 heteroatoms. The van der Waals surface area contributed by atoms with Crippen molar-refractivity contribution in [3.8, 4) is 5.75 Å². The molecule has 0 saturated carbocycles. The molecule has 0 spiro atoms. The molecule has 1 aromatic heterocycles. The number of aryl methyl sites for hydroxylation is 1. The van der Waals surface area contributed by atoms with Crippen LogP contribution in [0.25, 0.3) is 0 Å². The van der Waals surface area contributed by atoms with Gasteiger partial charge in [0, 0.05) is 12.3 Å². The van der Waals surface area contributed by atoms with Gasteiger partial charge in [0.2, 0.25) is 0 Å². The molecule has 0 aliphatic rings. The summed E-state index contributed by atoms with van der Waals surface area (Å²) in [6.07, 6.45) is 1.67. The molecule has 1 aromatic carbocycles. The van der Waals surface area contributed by atoms with Gasteiger partial charge in [-0.1, -0.05) is 0 Å². The van der Waals surface area contributed by atoms with E-state index < -0.39 is 0 Å². The molecule has 18 heavy (non-hydrogen) atoms.